The molecule has 132 valence electrons. The number of hydrogen-bond acceptors (Lipinski definition) is 5. The zero-order valence-electron chi connectivity index (χ0n) is 13.3. The number of nitrogens with zero attached hydrogens (tertiary/aromatic N) is 3. The van der Waals surface area contributed by atoms with E-state index in [0.717, 1.165) is 12.4 Å². The number of allylic oxidation sites excluding steroid dienone is 1. The molecule has 0 atom stereocenters. The van der Waals surface area contributed by atoms with E-state index < -0.39 is 23.3 Å². The normalized spacial score (nSPS) is 11.5. The van der Waals surface area contributed by atoms with Gasteiger partial charge in [-0.05, 0) is 23.8 Å². The van der Waals surface area contributed by atoms with Gasteiger partial charge in [-0.15, -0.1) is 0 Å². The molecule has 0 radical (unpaired) electrons. The van der Waals surface area contributed by atoms with Crippen molar-refractivity contribution >= 4 is 17.5 Å². The summed E-state index contributed by atoms with van der Waals surface area (Å²) in [4.78, 5) is 27.0. The second-order valence-corrected chi connectivity index (χ2v) is 5.40. The van der Waals surface area contributed by atoms with Gasteiger partial charge in [-0.1, -0.05) is 12.1 Å². The van der Waals surface area contributed by atoms with Crippen molar-refractivity contribution in [2.24, 2.45) is 0 Å². The highest BCUT2D eigenvalue weighted by Gasteiger charge is 2.16. The predicted octanol–water partition coefficient (Wildman–Crippen LogP) is 2.27. The molecule has 0 aliphatic rings. The minimum absolute atomic E-state index is 0.0609. The van der Waals surface area contributed by atoms with Gasteiger partial charge in [0, 0.05) is 24.4 Å². The number of ketones is 1. The molecular weight excluding hydrogens is 343 g/mol. The van der Waals surface area contributed by atoms with Crippen LogP contribution in [0, 0.1) is 5.82 Å². The molecule has 1 aromatic carbocycles. The molecule has 0 bridgehead atoms. The van der Waals surface area contributed by atoms with E-state index in [1.165, 1.54) is 35.0 Å². The largest absolute Gasteiger partial charge is 0.507 e. The van der Waals surface area contributed by atoms with Gasteiger partial charge in [0.25, 0.3) is 0 Å². The number of benzene rings is 1. The van der Waals surface area contributed by atoms with Gasteiger partial charge < -0.3 is 14.8 Å². The van der Waals surface area contributed by atoms with Crippen LogP contribution in [0.15, 0.2) is 48.9 Å². The quantitative estimate of drug-likeness (QED) is 0.354. The average molecular weight is 356 g/mol. The summed E-state index contributed by atoms with van der Waals surface area (Å²) in [6.07, 6.45) is 3.43. The predicted molar refractivity (Wildman–Crippen MR) is 88.2 cm³/mol. The fraction of sp³-hybridized carbons (Fsp3) is 0.0588. The van der Waals surface area contributed by atoms with Crippen LogP contribution in [0.1, 0.15) is 32.2 Å². The van der Waals surface area contributed by atoms with Crippen molar-refractivity contribution in [1.82, 2.24) is 19.7 Å². The van der Waals surface area contributed by atoms with Gasteiger partial charge in [0.2, 0.25) is 5.78 Å². The van der Waals surface area contributed by atoms with Crippen molar-refractivity contribution in [3.63, 3.8) is 0 Å². The van der Waals surface area contributed by atoms with Gasteiger partial charge in [-0.25, -0.2) is 14.2 Å². The number of carboxylic acid groups (broad SMARTS) is 1. The summed E-state index contributed by atoms with van der Waals surface area (Å²) in [6.45, 7) is 0.0860. The maximum absolute atomic E-state index is 13.3. The minimum Gasteiger partial charge on any atom is -0.507 e. The summed E-state index contributed by atoms with van der Waals surface area (Å²) < 4.78 is 14.7. The smallest absolute Gasteiger partial charge is 0.352 e. The molecule has 2 heterocycles. The van der Waals surface area contributed by atoms with Crippen LogP contribution in [0.2, 0.25) is 0 Å². The minimum atomic E-state index is -1.22. The fourth-order valence-electron chi connectivity index (χ4n) is 2.39. The number of carbonyl (C=O) groups is 2. The Hall–Kier alpha value is -3.75. The second-order valence-electron chi connectivity index (χ2n) is 5.40. The molecule has 0 saturated carbocycles. The monoisotopic (exact) mass is 356 g/mol. The number of aromatic carboxylic acids is 1. The first-order valence-electron chi connectivity index (χ1n) is 7.42. The number of hydrogen-bond donors (Lipinski definition) is 3. The first-order valence-corrected chi connectivity index (χ1v) is 7.42. The van der Waals surface area contributed by atoms with Crippen molar-refractivity contribution in [1.29, 1.82) is 0 Å². The van der Waals surface area contributed by atoms with E-state index in [4.69, 9.17) is 0 Å². The Morgan fingerprint density at radius 1 is 1.27 bits per heavy atom. The van der Waals surface area contributed by atoms with Crippen LogP contribution in [-0.4, -0.2) is 41.7 Å². The van der Waals surface area contributed by atoms with Crippen LogP contribution in [0.5, 0.6) is 0 Å². The Kier molecular flexibility index (Phi) is 4.61. The average Bonchev–Trinajstić information content (AvgIpc) is 3.24. The van der Waals surface area contributed by atoms with E-state index in [1.807, 2.05) is 0 Å². The molecule has 0 unspecified atom stereocenters. The zero-order valence-corrected chi connectivity index (χ0v) is 13.3. The van der Waals surface area contributed by atoms with Crippen LogP contribution in [0.3, 0.4) is 0 Å². The van der Waals surface area contributed by atoms with E-state index in [2.05, 4.69) is 15.2 Å². The van der Waals surface area contributed by atoms with Gasteiger partial charge in [-0.3, -0.25) is 9.89 Å². The molecule has 0 aliphatic heterocycles. The van der Waals surface area contributed by atoms with Crippen molar-refractivity contribution < 1.29 is 24.2 Å². The molecule has 0 amide bonds. The lowest BCUT2D eigenvalue weighted by Gasteiger charge is -2.06. The second kappa shape index (κ2) is 7.01. The highest BCUT2D eigenvalue weighted by molar-refractivity contribution is 6.05. The number of halogens is 1. The molecule has 3 N–H and O–H groups in total. The number of aromatic amines is 1. The number of rotatable bonds is 6. The van der Waals surface area contributed by atoms with Crippen LogP contribution < -0.4 is 0 Å². The number of carbonyl (C=O) groups excluding carboxylic acids is 1. The summed E-state index contributed by atoms with van der Waals surface area (Å²) in [6, 6.07) is 6.96. The fourth-order valence-corrected chi connectivity index (χ4v) is 2.39. The SMILES string of the molecule is O=C(C=C(O)c1cc(C(=O)O)n(Cc2cccc(F)c2)c1)c1ncn[nH]1. The number of nitrogens with one attached hydrogen (secondary N) is 1. The Morgan fingerprint density at radius 3 is 2.73 bits per heavy atom. The van der Waals surface area contributed by atoms with Gasteiger partial charge in [0.15, 0.2) is 5.82 Å². The van der Waals surface area contributed by atoms with Gasteiger partial charge in [0.1, 0.15) is 23.6 Å². The lowest BCUT2D eigenvalue weighted by molar-refractivity contribution is 0.0685. The summed E-state index contributed by atoms with van der Waals surface area (Å²) in [5, 5.41) is 25.4. The summed E-state index contributed by atoms with van der Waals surface area (Å²) in [7, 11) is 0. The molecular formula is C17H13FN4O4. The summed E-state index contributed by atoms with van der Waals surface area (Å²) in [5.41, 5.74) is 0.568. The first-order chi connectivity index (χ1) is 12.4. The maximum atomic E-state index is 13.3. The molecule has 0 spiro atoms. The van der Waals surface area contributed by atoms with E-state index in [-0.39, 0.29) is 23.6 Å². The van der Waals surface area contributed by atoms with Crippen LogP contribution in [0.4, 0.5) is 4.39 Å². The van der Waals surface area contributed by atoms with Crippen molar-refractivity contribution in [3.05, 3.63) is 77.4 Å². The molecule has 2 aromatic heterocycles. The lowest BCUT2D eigenvalue weighted by atomic mass is 10.2. The number of H-pyrrole nitrogens is 1. The van der Waals surface area contributed by atoms with E-state index in [1.54, 1.807) is 6.07 Å². The summed E-state index contributed by atoms with van der Waals surface area (Å²) in [5.74, 6) is -2.76. The summed E-state index contributed by atoms with van der Waals surface area (Å²) >= 11 is 0. The lowest BCUT2D eigenvalue weighted by Crippen LogP contribution is -2.08. The Labute approximate surface area is 146 Å². The maximum Gasteiger partial charge on any atom is 0.352 e. The van der Waals surface area contributed by atoms with Gasteiger partial charge in [-0.2, -0.15) is 5.10 Å². The third kappa shape index (κ3) is 3.66. The molecule has 0 saturated heterocycles. The molecule has 0 aliphatic carbocycles. The Morgan fingerprint density at radius 2 is 2.08 bits per heavy atom. The van der Waals surface area contributed by atoms with Crippen LogP contribution in [-0.2, 0) is 6.54 Å². The molecule has 8 nitrogen and oxygen atoms in total. The van der Waals surface area contributed by atoms with E-state index in [9.17, 15) is 24.2 Å². The number of aliphatic hydroxyl groups excluding tert-OH is 1. The third-order valence-corrected chi connectivity index (χ3v) is 3.57. The molecule has 0 fully saturated rings. The number of carboxylic acids is 1. The first kappa shape index (κ1) is 17.1. The zero-order chi connectivity index (χ0) is 18.7. The van der Waals surface area contributed by atoms with Crippen LogP contribution >= 0.6 is 0 Å². The van der Waals surface area contributed by atoms with Crippen LogP contribution in [0.25, 0.3) is 5.76 Å². The van der Waals surface area contributed by atoms with Crippen molar-refractivity contribution in [2.75, 3.05) is 0 Å². The third-order valence-electron chi connectivity index (χ3n) is 3.57. The Balaban J connectivity index is 1.91. The molecule has 3 aromatic rings. The standard InChI is InChI=1S/C17H13FN4O4/c18-12-3-1-2-10(4-12)7-22-8-11(5-13(22)17(25)26)14(23)6-15(24)16-19-9-20-21-16/h1-6,8-9,23H,7H2,(H,25,26)(H,19,20,21). The highest BCUT2D eigenvalue weighted by Crippen LogP contribution is 2.19. The van der Waals surface area contributed by atoms with E-state index >= 15 is 0 Å². The van der Waals surface area contributed by atoms with Crippen molar-refractivity contribution in [2.45, 2.75) is 6.54 Å². The molecule has 26 heavy (non-hydrogen) atoms. The number of aliphatic hydroxyl groups is 1. The Bertz CT molecular complexity index is 992. The van der Waals surface area contributed by atoms with Crippen molar-refractivity contribution in [3.8, 4) is 0 Å². The molecule has 3 rings (SSSR count). The topological polar surface area (TPSA) is 121 Å². The molecule has 9 heteroatoms. The highest BCUT2D eigenvalue weighted by atomic mass is 19.1. The van der Waals surface area contributed by atoms with Gasteiger partial charge >= 0.3 is 5.97 Å². The van der Waals surface area contributed by atoms with E-state index in [0.29, 0.717) is 5.56 Å². The number of aromatic nitrogens is 4. The van der Waals surface area contributed by atoms with Gasteiger partial charge in [0.05, 0.1) is 0 Å².